The van der Waals surface area contributed by atoms with E-state index in [-0.39, 0.29) is 11.6 Å². The first-order valence-corrected chi connectivity index (χ1v) is 7.57. The highest BCUT2D eigenvalue weighted by molar-refractivity contribution is 5.85. The smallest absolute Gasteiger partial charge is 0.0715 e. The van der Waals surface area contributed by atoms with Gasteiger partial charge in [0, 0.05) is 11.6 Å². The van der Waals surface area contributed by atoms with Crippen LogP contribution in [-0.4, -0.2) is 5.97 Å². The molecule has 2 aliphatic rings. The molecule has 0 radical (unpaired) electrons. The molecule has 2 aromatic carbocycles. The molecule has 0 amide bonds. The van der Waals surface area contributed by atoms with Crippen LogP contribution in [0.5, 0.6) is 0 Å². The van der Waals surface area contributed by atoms with E-state index in [0.717, 1.165) is 12.0 Å². The van der Waals surface area contributed by atoms with E-state index in [0.29, 0.717) is 11.8 Å². The fourth-order valence-corrected chi connectivity index (χ4v) is 3.70. The molecule has 1 N–H and O–H groups in total. The van der Waals surface area contributed by atoms with Crippen molar-refractivity contribution in [2.45, 2.75) is 18.4 Å². The average molecular weight is 290 g/mol. The van der Waals surface area contributed by atoms with Gasteiger partial charge in [-0.25, -0.2) is 0 Å². The van der Waals surface area contributed by atoms with Crippen LogP contribution >= 0.6 is 0 Å². The number of para-hydroxylation sites is 1. The van der Waals surface area contributed by atoms with Gasteiger partial charge < -0.3 is 15.2 Å². The zero-order chi connectivity index (χ0) is 15.1. The van der Waals surface area contributed by atoms with Gasteiger partial charge in [-0.2, -0.15) is 0 Å². The standard InChI is InChI=1S/C19H17NO2/c21-19(22)13-10-8-12(9-11-13)18-16-6-3-5-14(16)15-4-1-2-7-17(15)20-18/h1-5,7-11,14,16,18,20H,6H2,(H,21,22)/p-1/t14-,16+,18-/m0/s1. The number of anilines is 1. The Bertz CT molecular complexity index is 748. The van der Waals surface area contributed by atoms with E-state index in [9.17, 15) is 9.90 Å². The highest BCUT2D eigenvalue weighted by Gasteiger charge is 2.37. The molecular weight excluding hydrogens is 274 g/mol. The van der Waals surface area contributed by atoms with Gasteiger partial charge in [0.25, 0.3) is 0 Å². The summed E-state index contributed by atoms with van der Waals surface area (Å²) in [6.07, 6.45) is 5.59. The zero-order valence-corrected chi connectivity index (χ0v) is 12.0. The number of carboxylic acid groups (broad SMARTS) is 1. The summed E-state index contributed by atoms with van der Waals surface area (Å²) in [6, 6.07) is 15.7. The van der Waals surface area contributed by atoms with Crippen molar-refractivity contribution in [2.75, 3.05) is 5.32 Å². The van der Waals surface area contributed by atoms with Gasteiger partial charge in [0.1, 0.15) is 0 Å². The summed E-state index contributed by atoms with van der Waals surface area (Å²) in [6.45, 7) is 0. The maximum atomic E-state index is 10.9. The molecule has 0 fully saturated rings. The van der Waals surface area contributed by atoms with Gasteiger partial charge in [0.15, 0.2) is 0 Å². The van der Waals surface area contributed by atoms with Gasteiger partial charge in [-0.05, 0) is 35.1 Å². The molecule has 1 aliphatic heterocycles. The Morgan fingerprint density at radius 1 is 1.09 bits per heavy atom. The van der Waals surface area contributed by atoms with Crippen molar-refractivity contribution in [1.82, 2.24) is 0 Å². The van der Waals surface area contributed by atoms with Crippen molar-refractivity contribution in [1.29, 1.82) is 0 Å². The van der Waals surface area contributed by atoms with E-state index < -0.39 is 5.97 Å². The van der Waals surface area contributed by atoms with Crippen molar-refractivity contribution >= 4 is 11.7 Å². The molecule has 1 heterocycles. The van der Waals surface area contributed by atoms with E-state index in [1.54, 1.807) is 12.1 Å². The molecule has 3 nitrogen and oxygen atoms in total. The summed E-state index contributed by atoms with van der Waals surface area (Å²) >= 11 is 0. The monoisotopic (exact) mass is 290 g/mol. The van der Waals surface area contributed by atoms with Gasteiger partial charge in [-0.3, -0.25) is 0 Å². The summed E-state index contributed by atoms with van der Waals surface area (Å²) in [5.74, 6) is -0.221. The highest BCUT2D eigenvalue weighted by atomic mass is 16.4. The largest absolute Gasteiger partial charge is 0.545 e. The Labute approximate surface area is 129 Å². The fraction of sp³-hybridized carbons (Fsp3) is 0.211. The highest BCUT2D eigenvalue weighted by Crippen LogP contribution is 2.49. The molecule has 0 saturated heterocycles. The summed E-state index contributed by atoms with van der Waals surface area (Å²) in [7, 11) is 0. The molecule has 0 unspecified atom stereocenters. The summed E-state index contributed by atoms with van der Waals surface area (Å²) in [5.41, 5.74) is 3.87. The molecule has 3 heteroatoms. The lowest BCUT2D eigenvalue weighted by molar-refractivity contribution is -0.255. The van der Waals surface area contributed by atoms with Crippen molar-refractivity contribution < 1.29 is 9.90 Å². The van der Waals surface area contributed by atoms with E-state index in [4.69, 9.17) is 0 Å². The molecule has 0 aromatic heterocycles. The minimum absolute atomic E-state index is 0.200. The number of aromatic carboxylic acids is 1. The third kappa shape index (κ3) is 2.01. The average Bonchev–Trinajstić information content (AvgIpc) is 3.04. The quantitative estimate of drug-likeness (QED) is 0.865. The van der Waals surface area contributed by atoms with Gasteiger partial charge in [0.2, 0.25) is 0 Å². The SMILES string of the molecule is O=C([O-])c1ccc([C@@H]2Nc3ccccc3[C@@H]3C=CC[C@H]32)cc1. The molecule has 0 saturated carbocycles. The minimum Gasteiger partial charge on any atom is -0.545 e. The topological polar surface area (TPSA) is 52.2 Å². The van der Waals surface area contributed by atoms with Gasteiger partial charge in [0.05, 0.1) is 12.0 Å². The number of carboxylic acids is 1. The Morgan fingerprint density at radius 3 is 2.64 bits per heavy atom. The van der Waals surface area contributed by atoms with Crippen LogP contribution in [0.2, 0.25) is 0 Å². The van der Waals surface area contributed by atoms with Crippen LogP contribution < -0.4 is 10.4 Å². The van der Waals surface area contributed by atoms with Crippen LogP contribution in [0.3, 0.4) is 0 Å². The number of carbonyl (C=O) groups excluding carboxylic acids is 1. The Balaban J connectivity index is 1.72. The summed E-state index contributed by atoms with van der Waals surface area (Å²) < 4.78 is 0. The predicted octanol–water partition coefficient (Wildman–Crippen LogP) is 2.88. The number of benzene rings is 2. The lowest BCUT2D eigenvalue weighted by atomic mass is 9.77. The van der Waals surface area contributed by atoms with Crippen LogP contribution in [0.4, 0.5) is 5.69 Å². The predicted molar refractivity (Wildman–Crippen MR) is 83.6 cm³/mol. The van der Waals surface area contributed by atoms with Crippen molar-refractivity contribution in [3.8, 4) is 0 Å². The second kappa shape index (κ2) is 5.02. The number of hydrogen-bond acceptors (Lipinski definition) is 3. The summed E-state index contributed by atoms with van der Waals surface area (Å²) in [4.78, 5) is 10.9. The van der Waals surface area contributed by atoms with E-state index in [1.165, 1.54) is 11.3 Å². The van der Waals surface area contributed by atoms with Crippen LogP contribution in [0.25, 0.3) is 0 Å². The number of carbonyl (C=O) groups is 1. The fourth-order valence-electron chi connectivity index (χ4n) is 3.70. The van der Waals surface area contributed by atoms with Crippen LogP contribution in [0.1, 0.15) is 39.9 Å². The molecule has 0 spiro atoms. The molecule has 3 atom stereocenters. The van der Waals surface area contributed by atoms with Gasteiger partial charge in [-0.1, -0.05) is 54.6 Å². The van der Waals surface area contributed by atoms with Gasteiger partial charge in [-0.15, -0.1) is 0 Å². The van der Waals surface area contributed by atoms with E-state index in [1.807, 2.05) is 18.2 Å². The number of rotatable bonds is 2. The Kier molecular flexibility index (Phi) is 3.00. The molecule has 4 rings (SSSR count). The zero-order valence-electron chi connectivity index (χ0n) is 12.0. The van der Waals surface area contributed by atoms with Crippen molar-refractivity contribution in [3.63, 3.8) is 0 Å². The molecule has 2 aromatic rings. The van der Waals surface area contributed by atoms with Crippen LogP contribution in [0.15, 0.2) is 60.7 Å². The number of allylic oxidation sites excluding steroid dienone is 2. The Hall–Kier alpha value is -2.55. The first-order valence-electron chi connectivity index (χ1n) is 7.57. The first kappa shape index (κ1) is 13.1. The van der Waals surface area contributed by atoms with E-state index >= 15 is 0 Å². The first-order chi connectivity index (χ1) is 10.7. The van der Waals surface area contributed by atoms with Crippen molar-refractivity contribution in [3.05, 3.63) is 77.4 Å². The summed E-state index contributed by atoms with van der Waals surface area (Å²) in [5, 5.41) is 14.5. The van der Waals surface area contributed by atoms with E-state index in [2.05, 4.69) is 35.7 Å². The molecular formula is C19H16NO2-. The second-order valence-corrected chi connectivity index (χ2v) is 5.97. The lowest BCUT2D eigenvalue weighted by Crippen LogP contribution is -2.29. The maximum Gasteiger partial charge on any atom is 0.0715 e. The lowest BCUT2D eigenvalue weighted by Gasteiger charge is -2.37. The number of fused-ring (bicyclic) bond motifs is 3. The number of hydrogen-bond donors (Lipinski definition) is 1. The normalized spacial score (nSPS) is 25.2. The van der Waals surface area contributed by atoms with Crippen LogP contribution in [0, 0.1) is 5.92 Å². The van der Waals surface area contributed by atoms with Crippen molar-refractivity contribution in [2.24, 2.45) is 5.92 Å². The molecule has 0 bridgehead atoms. The molecule has 110 valence electrons. The Morgan fingerprint density at radius 2 is 1.86 bits per heavy atom. The third-order valence-corrected chi connectivity index (χ3v) is 4.78. The number of nitrogens with one attached hydrogen (secondary N) is 1. The molecule has 1 aliphatic carbocycles. The van der Waals surface area contributed by atoms with Gasteiger partial charge >= 0.3 is 0 Å². The van der Waals surface area contributed by atoms with Crippen LogP contribution in [-0.2, 0) is 0 Å². The third-order valence-electron chi connectivity index (χ3n) is 4.78. The maximum absolute atomic E-state index is 10.9. The molecule has 22 heavy (non-hydrogen) atoms. The second-order valence-electron chi connectivity index (χ2n) is 5.97. The minimum atomic E-state index is -1.13.